The van der Waals surface area contributed by atoms with Gasteiger partial charge in [0.25, 0.3) is 0 Å². The maximum atomic E-state index is 5.80. The van der Waals surface area contributed by atoms with E-state index in [9.17, 15) is 0 Å². The highest BCUT2D eigenvalue weighted by Crippen LogP contribution is 2.24. The normalized spacial score (nSPS) is 25.1. The maximum absolute atomic E-state index is 5.80. The zero-order valence-corrected chi connectivity index (χ0v) is 10.8. The molecule has 3 heterocycles. The predicted molar refractivity (Wildman–Crippen MR) is 66.7 cm³/mol. The number of anilines is 1. The van der Waals surface area contributed by atoms with Crippen LogP contribution < -0.4 is 4.90 Å². The van der Waals surface area contributed by atoms with Crippen molar-refractivity contribution < 1.29 is 0 Å². The summed E-state index contributed by atoms with van der Waals surface area (Å²) in [6.07, 6.45) is 2.54. The molecule has 2 fully saturated rings. The molecule has 92 valence electrons. The van der Waals surface area contributed by atoms with Crippen LogP contribution in [0.15, 0.2) is 0 Å². The molecule has 1 aromatic heterocycles. The topological polar surface area (TPSA) is 45.2 Å². The van der Waals surface area contributed by atoms with Gasteiger partial charge in [-0.3, -0.25) is 4.90 Å². The van der Waals surface area contributed by atoms with E-state index in [0.29, 0.717) is 12.0 Å². The molecule has 17 heavy (non-hydrogen) atoms. The molecule has 0 spiro atoms. The first-order chi connectivity index (χ1) is 8.22. The maximum Gasteiger partial charge on any atom is 0.231 e. The van der Waals surface area contributed by atoms with Crippen molar-refractivity contribution in [2.75, 3.05) is 31.1 Å². The largest absolute Gasteiger partial charge is 0.338 e. The third-order valence-electron chi connectivity index (χ3n) is 3.44. The van der Waals surface area contributed by atoms with Crippen molar-refractivity contribution in [3.05, 3.63) is 10.6 Å². The van der Waals surface area contributed by atoms with Crippen molar-refractivity contribution in [2.24, 2.45) is 0 Å². The summed E-state index contributed by atoms with van der Waals surface area (Å²) in [5.74, 6) is 0.599. The molecule has 0 N–H and O–H groups in total. The molecule has 1 unspecified atom stereocenters. The van der Waals surface area contributed by atoms with Gasteiger partial charge < -0.3 is 4.90 Å². The van der Waals surface area contributed by atoms with Gasteiger partial charge >= 0.3 is 0 Å². The zero-order chi connectivity index (χ0) is 11.8. The summed E-state index contributed by atoms with van der Waals surface area (Å²) < 4.78 is 0. The highest BCUT2D eigenvalue weighted by atomic mass is 35.5. The van der Waals surface area contributed by atoms with Crippen molar-refractivity contribution in [1.82, 2.24) is 19.9 Å². The lowest BCUT2D eigenvalue weighted by Gasteiger charge is -2.37. The zero-order valence-electron chi connectivity index (χ0n) is 9.31. The van der Waals surface area contributed by atoms with Crippen LogP contribution in [0.25, 0.3) is 0 Å². The van der Waals surface area contributed by atoms with E-state index in [-0.39, 0.29) is 10.6 Å². The van der Waals surface area contributed by atoms with Crippen LogP contribution in [-0.2, 0) is 0 Å². The van der Waals surface area contributed by atoms with E-state index in [2.05, 4.69) is 24.8 Å². The van der Waals surface area contributed by atoms with Crippen molar-refractivity contribution in [1.29, 1.82) is 0 Å². The SMILES string of the molecule is Clc1nc(Cl)nc(N2CCN3CCCC3C2)n1. The molecule has 2 saturated heterocycles. The van der Waals surface area contributed by atoms with Gasteiger partial charge in [-0.1, -0.05) is 0 Å². The summed E-state index contributed by atoms with van der Waals surface area (Å²) >= 11 is 11.6. The lowest BCUT2D eigenvalue weighted by Crippen LogP contribution is -2.50. The minimum absolute atomic E-state index is 0.161. The highest BCUT2D eigenvalue weighted by Gasteiger charge is 2.31. The average molecular weight is 274 g/mol. The van der Waals surface area contributed by atoms with E-state index in [1.165, 1.54) is 19.4 Å². The molecule has 7 heteroatoms. The van der Waals surface area contributed by atoms with Gasteiger partial charge in [-0.25, -0.2) is 0 Å². The average Bonchev–Trinajstić information content (AvgIpc) is 2.74. The van der Waals surface area contributed by atoms with E-state index >= 15 is 0 Å². The van der Waals surface area contributed by atoms with Gasteiger partial charge in [-0.15, -0.1) is 0 Å². The Morgan fingerprint density at radius 1 is 1.00 bits per heavy atom. The number of aromatic nitrogens is 3. The van der Waals surface area contributed by atoms with Gasteiger partial charge in [0.05, 0.1) is 0 Å². The Morgan fingerprint density at radius 2 is 1.76 bits per heavy atom. The molecule has 0 aromatic carbocycles. The number of piperazine rings is 1. The highest BCUT2D eigenvalue weighted by molar-refractivity contribution is 6.31. The Labute approximate surface area is 110 Å². The molecule has 2 aliphatic rings. The third kappa shape index (κ3) is 2.32. The Morgan fingerprint density at radius 3 is 2.53 bits per heavy atom. The van der Waals surface area contributed by atoms with Gasteiger partial charge in [0.15, 0.2) is 0 Å². The van der Waals surface area contributed by atoms with Gasteiger partial charge in [-0.05, 0) is 42.6 Å². The number of halogens is 2. The molecule has 0 bridgehead atoms. The molecule has 0 aliphatic carbocycles. The fourth-order valence-corrected chi connectivity index (χ4v) is 2.98. The van der Waals surface area contributed by atoms with E-state index in [1.807, 2.05) is 0 Å². The van der Waals surface area contributed by atoms with Gasteiger partial charge in [0, 0.05) is 25.7 Å². The number of rotatable bonds is 1. The van der Waals surface area contributed by atoms with Crippen LogP contribution in [0.5, 0.6) is 0 Å². The Bertz CT molecular complexity index is 407. The standard InChI is InChI=1S/C10H13Cl2N5/c11-8-13-9(12)15-10(14-8)17-5-4-16-3-1-2-7(16)6-17/h7H,1-6H2. The second-order valence-corrected chi connectivity index (χ2v) is 5.13. The van der Waals surface area contributed by atoms with Crippen LogP contribution in [0.2, 0.25) is 10.6 Å². The molecular weight excluding hydrogens is 261 g/mol. The molecule has 5 nitrogen and oxygen atoms in total. The van der Waals surface area contributed by atoms with Gasteiger partial charge in [0.1, 0.15) is 0 Å². The molecule has 3 rings (SSSR count). The Balaban J connectivity index is 1.80. The second kappa shape index (κ2) is 4.55. The first-order valence-electron chi connectivity index (χ1n) is 5.78. The Hall–Kier alpha value is -0.650. The third-order valence-corrected chi connectivity index (χ3v) is 3.78. The molecule has 0 amide bonds. The van der Waals surface area contributed by atoms with Gasteiger partial charge in [-0.2, -0.15) is 15.0 Å². The number of nitrogens with zero attached hydrogens (tertiary/aromatic N) is 5. The summed E-state index contributed by atoms with van der Waals surface area (Å²) in [4.78, 5) is 16.7. The van der Waals surface area contributed by atoms with Crippen molar-refractivity contribution in [2.45, 2.75) is 18.9 Å². The first kappa shape index (κ1) is 11.4. The van der Waals surface area contributed by atoms with E-state index in [1.54, 1.807) is 0 Å². The quantitative estimate of drug-likeness (QED) is 0.775. The van der Waals surface area contributed by atoms with Crippen LogP contribution >= 0.6 is 23.2 Å². The summed E-state index contributed by atoms with van der Waals surface area (Å²) in [5.41, 5.74) is 0. The van der Waals surface area contributed by atoms with Crippen LogP contribution in [0.3, 0.4) is 0 Å². The second-order valence-electron chi connectivity index (χ2n) is 4.45. The van der Waals surface area contributed by atoms with Crippen LogP contribution in [-0.4, -0.2) is 52.1 Å². The van der Waals surface area contributed by atoms with Crippen LogP contribution in [0.4, 0.5) is 5.95 Å². The number of hydrogen-bond donors (Lipinski definition) is 0. The molecule has 0 saturated carbocycles. The summed E-state index contributed by atoms with van der Waals surface area (Å²) in [7, 11) is 0. The minimum Gasteiger partial charge on any atom is -0.338 e. The monoisotopic (exact) mass is 273 g/mol. The predicted octanol–water partition coefficient (Wildman–Crippen LogP) is 1.46. The fraction of sp³-hybridized carbons (Fsp3) is 0.700. The summed E-state index contributed by atoms with van der Waals surface area (Å²) in [6, 6.07) is 0.623. The van der Waals surface area contributed by atoms with E-state index in [0.717, 1.165) is 19.6 Å². The van der Waals surface area contributed by atoms with Crippen molar-refractivity contribution in [3.8, 4) is 0 Å². The summed E-state index contributed by atoms with van der Waals surface area (Å²) in [5, 5.41) is 0.322. The minimum atomic E-state index is 0.161. The molecular formula is C10H13Cl2N5. The smallest absolute Gasteiger partial charge is 0.231 e. The molecule has 0 radical (unpaired) electrons. The van der Waals surface area contributed by atoms with E-state index < -0.39 is 0 Å². The molecule has 1 aromatic rings. The number of fused-ring (bicyclic) bond motifs is 1. The molecule has 1 atom stereocenters. The fourth-order valence-electron chi connectivity index (χ4n) is 2.63. The van der Waals surface area contributed by atoms with Crippen LogP contribution in [0, 0.1) is 0 Å². The van der Waals surface area contributed by atoms with Crippen molar-refractivity contribution >= 4 is 29.2 Å². The van der Waals surface area contributed by atoms with Gasteiger partial charge in [0.2, 0.25) is 16.5 Å². The van der Waals surface area contributed by atoms with E-state index in [4.69, 9.17) is 23.2 Å². The van der Waals surface area contributed by atoms with Crippen molar-refractivity contribution in [3.63, 3.8) is 0 Å². The molecule has 2 aliphatic heterocycles. The number of hydrogen-bond acceptors (Lipinski definition) is 5. The van der Waals surface area contributed by atoms with Crippen LogP contribution in [0.1, 0.15) is 12.8 Å². The lowest BCUT2D eigenvalue weighted by atomic mass is 10.2. The summed E-state index contributed by atoms with van der Waals surface area (Å²) in [6.45, 7) is 4.16. The first-order valence-corrected chi connectivity index (χ1v) is 6.54. The lowest BCUT2D eigenvalue weighted by molar-refractivity contribution is 0.229. The Kier molecular flexibility index (Phi) is 3.06.